The maximum atomic E-state index is 13.1. The maximum Gasteiger partial charge on any atom is 0.251 e. The smallest absolute Gasteiger partial charge is 0.251 e. The summed E-state index contributed by atoms with van der Waals surface area (Å²) >= 11 is 0. The van der Waals surface area contributed by atoms with Gasteiger partial charge in [0.15, 0.2) is 0 Å². The Morgan fingerprint density at radius 2 is 1.86 bits per heavy atom. The fourth-order valence-electron chi connectivity index (χ4n) is 5.75. The number of fused-ring (bicyclic) bond motifs is 3. The third-order valence-corrected chi connectivity index (χ3v) is 7.40. The van der Waals surface area contributed by atoms with Crippen LogP contribution in [0.3, 0.4) is 0 Å². The number of aromatic amines is 1. The monoisotopic (exact) mass is 395 g/mol. The molecule has 3 aliphatic rings. The van der Waals surface area contributed by atoms with Crippen LogP contribution in [0.15, 0.2) is 18.2 Å². The predicted molar refractivity (Wildman–Crippen MR) is 115 cm³/mol. The maximum absolute atomic E-state index is 13.1. The number of aryl methyl sites for hydroxylation is 2. The number of ether oxygens (including phenoxy) is 1. The van der Waals surface area contributed by atoms with E-state index < -0.39 is 0 Å². The second-order valence-electron chi connectivity index (χ2n) is 9.12. The number of nitrogens with one attached hydrogen (secondary N) is 2. The molecule has 1 saturated carbocycles. The highest BCUT2D eigenvalue weighted by Crippen LogP contribution is 2.34. The fraction of sp³-hybridized carbons (Fsp3) is 0.625. The SMILES string of the molecule is O=C(NCC1(N2CCOCC2)CCCCC1)c1ccc2[nH]c3c(c2c1)CCCC3. The van der Waals surface area contributed by atoms with Crippen LogP contribution in [-0.4, -0.2) is 54.2 Å². The Morgan fingerprint density at radius 3 is 2.69 bits per heavy atom. The Hall–Kier alpha value is -1.85. The standard InChI is InChI=1S/C24H33N3O2/c28-23(18-8-9-22-20(16-18)19-6-2-3-7-21(19)26-22)25-17-24(10-4-1-5-11-24)27-12-14-29-15-13-27/h8-9,16,26H,1-7,10-15,17H2,(H,25,28). The van der Waals surface area contributed by atoms with E-state index in [1.165, 1.54) is 67.1 Å². The van der Waals surface area contributed by atoms with Gasteiger partial charge in [0.1, 0.15) is 0 Å². The van der Waals surface area contributed by atoms with Gasteiger partial charge in [-0.3, -0.25) is 9.69 Å². The molecule has 1 saturated heterocycles. The van der Waals surface area contributed by atoms with Gasteiger partial charge in [0.25, 0.3) is 5.91 Å². The zero-order valence-corrected chi connectivity index (χ0v) is 17.4. The molecule has 0 radical (unpaired) electrons. The van der Waals surface area contributed by atoms with Crippen molar-refractivity contribution in [3.8, 4) is 0 Å². The molecule has 5 rings (SSSR count). The first-order valence-corrected chi connectivity index (χ1v) is 11.5. The van der Waals surface area contributed by atoms with Crippen molar-refractivity contribution in [1.29, 1.82) is 0 Å². The zero-order chi connectivity index (χ0) is 19.7. The minimum Gasteiger partial charge on any atom is -0.379 e. The van der Waals surface area contributed by atoms with Gasteiger partial charge < -0.3 is 15.0 Å². The predicted octanol–water partition coefficient (Wildman–Crippen LogP) is 3.81. The number of morpholine rings is 1. The molecule has 2 heterocycles. The van der Waals surface area contributed by atoms with E-state index in [4.69, 9.17) is 4.74 Å². The summed E-state index contributed by atoms with van der Waals surface area (Å²) in [5, 5.41) is 4.56. The first-order chi connectivity index (χ1) is 14.3. The summed E-state index contributed by atoms with van der Waals surface area (Å²) in [5.41, 5.74) is 4.87. The first kappa shape index (κ1) is 19.1. The molecule has 2 N–H and O–H groups in total. The second-order valence-corrected chi connectivity index (χ2v) is 9.12. The normalized spacial score (nSPS) is 22.3. The van der Waals surface area contributed by atoms with Crippen LogP contribution in [-0.2, 0) is 17.6 Å². The lowest BCUT2D eigenvalue weighted by molar-refractivity contribution is -0.0361. The van der Waals surface area contributed by atoms with Crippen molar-refractivity contribution in [3.63, 3.8) is 0 Å². The van der Waals surface area contributed by atoms with E-state index in [1.807, 2.05) is 6.07 Å². The van der Waals surface area contributed by atoms with E-state index in [0.29, 0.717) is 0 Å². The van der Waals surface area contributed by atoms with E-state index in [1.54, 1.807) is 0 Å². The number of amides is 1. The van der Waals surface area contributed by atoms with Crippen molar-refractivity contribution in [2.24, 2.45) is 0 Å². The van der Waals surface area contributed by atoms with Gasteiger partial charge in [0.2, 0.25) is 0 Å². The molecule has 0 bridgehead atoms. The number of hydrogen-bond donors (Lipinski definition) is 2. The third-order valence-electron chi connectivity index (χ3n) is 7.40. The highest BCUT2D eigenvalue weighted by Gasteiger charge is 2.38. The summed E-state index contributed by atoms with van der Waals surface area (Å²) in [6.45, 7) is 4.33. The molecule has 0 spiro atoms. The molecule has 5 heteroatoms. The highest BCUT2D eigenvalue weighted by molar-refractivity contribution is 5.99. The highest BCUT2D eigenvalue weighted by atomic mass is 16.5. The number of aromatic nitrogens is 1. The van der Waals surface area contributed by atoms with Gasteiger partial charge in [-0.1, -0.05) is 19.3 Å². The van der Waals surface area contributed by atoms with Gasteiger partial charge in [-0.25, -0.2) is 0 Å². The number of hydrogen-bond acceptors (Lipinski definition) is 3. The van der Waals surface area contributed by atoms with E-state index in [9.17, 15) is 4.79 Å². The fourth-order valence-corrected chi connectivity index (χ4v) is 5.75. The van der Waals surface area contributed by atoms with Crippen LogP contribution in [0.1, 0.15) is 66.6 Å². The van der Waals surface area contributed by atoms with E-state index in [-0.39, 0.29) is 11.4 Å². The Kier molecular flexibility index (Phi) is 5.35. The molecular weight excluding hydrogens is 362 g/mol. The van der Waals surface area contributed by atoms with Crippen LogP contribution in [0, 0.1) is 0 Å². The Morgan fingerprint density at radius 1 is 1.07 bits per heavy atom. The van der Waals surface area contributed by atoms with E-state index in [0.717, 1.165) is 51.3 Å². The third kappa shape index (κ3) is 3.71. The molecule has 156 valence electrons. The lowest BCUT2D eigenvalue weighted by Gasteiger charge is -2.48. The van der Waals surface area contributed by atoms with Crippen LogP contribution in [0.25, 0.3) is 10.9 Å². The minimum absolute atomic E-state index is 0.0656. The van der Waals surface area contributed by atoms with E-state index >= 15 is 0 Å². The van der Waals surface area contributed by atoms with Gasteiger partial charge in [-0.2, -0.15) is 0 Å². The summed E-state index contributed by atoms with van der Waals surface area (Å²) in [4.78, 5) is 19.2. The summed E-state index contributed by atoms with van der Waals surface area (Å²) in [6, 6.07) is 6.16. The van der Waals surface area contributed by atoms with Crippen molar-refractivity contribution >= 4 is 16.8 Å². The molecule has 1 aromatic carbocycles. The Labute approximate surface area is 173 Å². The molecule has 2 aliphatic carbocycles. The van der Waals surface area contributed by atoms with E-state index in [2.05, 4.69) is 27.3 Å². The largest absolute Gasteiger partial charge is 0.379 e. The number of benzene rings is 1. The van der Waals surface area contributed by atoms with Gasteiger partial charge in [-0.05, 0) is 62.3 Å². The van der Waals surface area contributed by atoms with Gasteiger partial charge in [0, 0.05) is 47.3 Å². The molecule has 2 aromatic rings. The summed E-state index contributed by atoms with van der Waals surface area (Å²) in [7, 11) is 0. The van der Waals surface area contributed by atoms with Crippen LogP contribution < -0.4 is 5.32 Å². The lowest BCUT2D eigenvalue weighted by atomic mass is 9.79. The molecule has 1 aliphatic heterocycles. The molecular formula is C24H33N3O2. The summed E-state index contributed by atoms with van der Waals surface area (Å²) in [6.07, 6.45) is 11.0. The first-order valence-electron chi connectivity index (χ1n) is 11.5. The number of carbonyl (C=O) groups excluding carboxylic acids is 1. The second kappa shape index (κ2) is 8.11. The van der Waals surface area contributed by atoms with Gasteiger partial charge in [0.05, 0.1) is 13.2 Å². The topological polar surface area (TPSA) is 57.4 Å². The average molecular weight is 396 g/mol. The van der Waals surface area contributed by atoms with Crippen LogP contribution in [0.5, 0.6) is 0 Å². The van der Waals surface area contributed by atoms with Gasteiger partial charge >= 0.3 is 0 Å². The molecule has 29 heavy (non-hydrogen) atoms. The zero-order valence-electron chi connectivity index (χ0n) is 17.4. The average Bonchev–Trinajstić information content (AvgIpc) is 3.16. The number of H-pyrrole nitrogens is 1. The number of rotatable bonds is 4. The quantitative estimate of drug-likeness (QED) is 0.828. The Bertz CT molecular complexity index is 876. The van der Waals surface area contributed by atoms with Crippen molar-refractivity contribution in [3.05, 3.63) is 35.0 Å². The molecule has 5 nitrogen and oxygen atoms in total. The molecule has 0 unspecified atom stereocenters. The van der Waals surface area contributed by atoms with Crippen molar-refractivity contribution in [1.82, 2.24) is 15.2 Å². The van der Waals surface area contributed by atoms with Crippen molar-refractivity contribution in [2.45, 2.75) is 63.3 Å². The summed E-state index contributed by atoms with van der Waals surface area (Å²) < 4.78 is 5.58. The van der Waals surface area contributed by atoms with Crippen molar-refractivity contribution in [2.75, 3.05) is 32.8 Å². The van der Waals surface area contributed by atoms with Crippen LogP contribution >= 0.6 is 0 Å². The lowest BCUT2D eigenvalue weighted by Crippen LogP contribution is -2.59. The molecule has 1 amide bonds. The minimum atomic E-state index is 0.0656. The van der Waals surface area contributed by atoms with Crippen molar-refractivity contribution < 1.29 is 9.53 Å². The Balaban J connectivity index is 1.33. The summed E-state index contributed by atoms with van der Waals surface area (Å²) in [5.74, 6) is 0.0656. The van der Waals surface area contributed by atoms with Crippen LogP contribution in [0.2, 0.25) is 0 Å². The van der Waals surface area contributed by atoms with Gasteiger partial charge in [-0.15, -0.1) is 0 Å². The number of nitrogens with zero attached hydrogens (tertiary/aromatic N) is 1. The molecule has 1 aromatic heterocycles. The molecule has 0 atom stereocenters. The van der Waals surface area contributed by atoms with Crippen LogP contribution in [0.4, 0.5) is 0 Å². The number of carbonyl (C=O) groups is 1. The molecule has 2 fully saturated rings.